The van der Waals surface area contributed by atoms with Crippen LogP contribution in [-0.2, 0) is 0 Å². The van der Waals surface area contributed by atoms with Crippen LogP contribution in [0.25, 0.3) is 28.1 Å². The molecule has 1 aromatic carbocycles. The highest BCUT2D eigenvalue weighted by Gasteiger charge is 2.24. The summed E-state index contributed by atoms with van der Waals surface area (Å²) in [4.78, 5) is 4.90. The fraction of sp³-hybridized carbons (Fsp3) is 0.462. The van der Waals surface area contributed by atoms with Gasteiger partial charge in [-0.2, -0.15) is 0 Å². The third kappa shape index (κ3) is 4.28. The molecule has 30 heavy (non-hydrogen) atoms. The lowest BCUT2D eigenvalue weighted by Gasteiger charge is -2.31. The summed E-state index contributed by atoms with van der Waals surface area (Å²) >= 11 is 0. The van der Waals surface area contributed by atoms with Crippen molar-refractivity contribution >= 4 is 22.4 Å². The van der Waals surface area contributed by atoms with Crippen LogP contribution in [0.4, 0.5) is 5.69 Å². The lowest BCUT2D eigenvalue weighted by atomic mass is 9.91. The number of benzene rings is 2. The van der Waals surface area contributed by atoms with Gasteiger partial charge in [0.05, 0.1) is 11.6 Å². The molecule has 4 rings (SSSR count). The van der Waals surface area contributed by atoms with E-state index in [4.69, 9.17) is 9.40 Å². The molecular weight excluding hydrogens is 370 g/mol. The molecule has 2 aliphatic heterocycles. The number of fused-ring (bicyclic) bond motifs is 3. The summed E-state index contributed by atoms with van der Waals surface area (Å²) in [6.45, 7) is 19.2. The fourth-order valence-corrected chi connectivity index (χ4v) is 4.15. The lowest BCUT2D eigenvalue weighted by Crippen LogP contribution is -2.31. The molecule has 0 spiro atoms. The average molecular weight is 407 g/mol. The predicted molar refractivity (Wildman–Crippen MR) is 129 cm³/mol. The smallest absolute Gasteiger partial charge is 0.206 e. The van der Waals surface area contributed by atoms with E-state index in [1.165, 1.54) is 28.5 Å². The Labute approximate surface area is 180 Å². The molecule has 1 aromatic rings. The summed E-state index contributed by atoms with van der Waals surface area (Å²) in [7, 11) is 0. The van der Waals surface area contributed by atoms with Gasteiger partial charge in [-0.1, -0.05) is 26.3 Å². The molecule has 4 nitrogen and oxygen atoms in total. The van der Waals surface area contributed by atoms with E-state index in [0.29, 0.717) is 0 Å². The van der Waals surface area contributed by atoms with E-state index >= 15 is 0 Å². The van der Waals surface area contributed by atoms with Crippen molar-refractivity contribution in [3.63, 3.8) is 0 Å². The molecule has 0 atom stereocenters. The second kappa shape index (κ2) is 8.63. The number of nitrogens with one attached hydrogen (secondary N) is 1. The number of nitrogens with zero attached hydrogens (tertiary/aromatic N) is 2. The van der Waals surface area contributed by atoms with Crippen LogP contribution in [0, 0.1) is 6.92 Å². The van der Waals surface area contributed by atoms with Crippen LogP contribution in [0.1, 0.15) is 66.0 Å². The molecule has 0 saturated heterocycles. The minimum absolute atomic E-state index is 0.0674. The van der Waals surface area contributed by atoms with E-state index in [1.54, 1.807) is 0 Å². The number of rotatable bonds is 2. The van der Waals surface area contributed by atoms with E-state index in [9.17, 15) is 0 Å². The Morgan fingerprint density at radius 3 is 2.30 bits per heavy atom. The summed E-state index contributed by atoms with van der Waals surface area (Å²) < 4.78 is 8.65. The van der Waals surface area contributed by atoms with E-state index in [0.717, 1.165) is 41.3 Å². The zero-order valence-corrected chi connectivity index (χ0v) is 19.8. The Kier molecular flexibility index (Phi) is 6.35. The van der Waals surface area contributed by atoms with Crippen LogP contribution in [0.2, 0.25) is 0 Å². The number of anilines is 1. The van der Waals surface area contributed by atoms with Crippen LogP contribution in [0.15, 0.2) is 34.8 Å². The zero-order chi connectivity index (χ0) is 22.1. The van der Waals surface area contributed by atoms with Crippen molar-refractivity contribution < 1.29 is 4.42 Å². The van der Waals surface area contributed by atoms with Crippen molar-refractivity contribution in [1.29, 1.82) is 0 Å². The van der Waals surface area contributed by atoms with Gasteiger partial charge in [-0.25, -0.2) is 9.56 Å². The molecule has 2 heterocycles. The first kappa shape index (κ1) is 22.1. The van der Waals surface area contributed by atoms with Gasteiger partial charge in [-0.15, -0.1) is 0 Å². The van der Waals surface area contributed by atoms with Crippen molar-refractivity contribution in [2.75, 3.05) is 18.4 Å². The highest BCUT2D eigenvalue weighted by Crippen LogP contribution is 2.37. The van der Waals surface area contributed by atoms with Crippen LogP contribution in [0.3, 0.4) is 0 Å². The van der Waals surface area contributed by atoms with Crippen molar-refractivity contribution in [1.82, 2.24) is 9.56 Å². The van der Waals surface area contributed by atoms with Gasteiger partial charge in [0.15, 0.2) is 11.3 Å². The van der Waals surface area contributed by atoms with E-state index < -0.39 is 0 Å². The predicted octanol–water partition coefficient (Wildman–Crippen LogP) is 6.08. The van der Waals surface area contributed by atoms with Gasteiger partial charge in [-0.3, -0.25) is 0 Å². The highest BCUT2D eigenvalue weighted by molar-refractivity contribution is 5.90. The number of aromatic nitrogens is 1. The van der Waals surface area contributed by atoms with Crippen LogP contribution in [0.5, 0.6) is 0 Å². The topological polar surface area (TPSA) is 41.1 Å². The molecule has 1 aliphatic carbocycles. The largest absolute Gasteiger partial charge is 0.452 e. The molecule has 0 aromatic heterocycles. The Hall–Kier alpha value is -2.62. The second-order valence-electron chi connectivity index (χ2n) is 8.74. The van der Waals surface area contributed by atoms with Crippen molar-refractivity contribution in [3.8, 4) is 11.5 Å². The normalized spacial score (nSPS) is 14.5. The first-order chi connectivity index (χ1) is 14.2. The van der Waals surface area contributed by atoms with Crippen molar-refractivity contribution in [3.05, 3.63) is 46.8 Å². The van der Waals surface area contributed by atoms with Gasteiger partial charge in [0, 0.05) is 22.9 Å². The monoisotopic (exact) mass is 406 g/mol. The van der Waals surface area contributed by atoms with Gasteiger partial charge >= 0.3 is 0 Å². The molecule has 1 N–H and O–H groups in total. The van der Waals surface area contributed by atoms with Gasteiger partial charge in [0.1, 0.15) is 24.3 Å². The third-order valence-electron chi connectivity index (χ3n) is 5.40. The Morgan fingerprint density at radius 2 is 1.67 bits per heavy atom. The first-order valence-electron chi connectivity index (χ1n) is 11.2. The minimum atomic E-state index is -0.0674. The first-order valence-corrected chi connectivity index (χ1v) is 11.2. The maximum atomic E-state index is 6.30. The fourth-order valence-electron chi connectivity index (χ4n) is 4.15. The summed E-state index contributed by atoms with van der Waals surface area (Å²) in [5, 5.41) is 4.81. The quantitative estimate of drug-likeness (QED) is 0.414. The third-order valence-corrected chi connectivity index (χ3v) is 5.40. The standard InChI is InChI=1S/C23H27N3O.C3H8/c1-7-26(8-2)20-12-22-18(9-14(20)3)24-19-10-16-15(4)13-23(5,6)25-17(16)11-21(19)27-22;1-3-2/h9-13H,7-8H2,1-6H3;3H2,1-2H3/p+1. The van der Waals surface area contributed by atoms with E-state index in [1.807, 2.05) is 0 Å². The summed E-state index contributed by atoms with van der Waals surface area (Å²) in [6, 6.07) is 8.49. The number of hydrogen-bond acceptors (Lipinski definition) is 3. The SMILES string of the molecule is CCC.CC[N+](CC)=c1cc2oc3cc4c(cc3nc-2cc1C)C(C)=CC(C)(C)N4. The van der Waals surface area contributed by atoms with Gasteiger partial charge in [-0.05, 0) is 59.2 Å². The average Bonchev–Trinajstić information content (AvgIpc) is 2.66. The molecule has 0 amide bonds. The molecule has 0 fully saturated rings. The van der Waals surface area contributed by atoms with Gasteiger partial charge < -0.3 is 9.73 Å². The van der Waals surface area contributed by atoms with Crippen molar-refractivity contribution in [2.24, 2.45) is 0 Å². The van der Waals surface area contributed by atoms with Crippen LogP contribution in [-0.4, -0.2) is 23.6 Å². The molecule has 0 unspecified atom stereocenters. The minimum Gasteiger partial charge on any atom is -0.452 e. The maximum absolute atomic E-state index is 6.30. The van der Waals surface area contributed by atoms with E-state index in [2.05, 4.69) is 95.6 Å². The Balaban J connectivity index is 0.000000806. The molecule has 0 radical (unpaired) electrons. The second-order valence-corrected chi connectivity index (χ2v) is 8.74. The van der Waals surface area contributed by atoms with E-state index in [-0.39, 0.29) is 5.54 Å². The number of hydrogen-bond donors (Lipinski definition) is 1. The molecular formula is C26H36N3O+. The maximum Gasteiger partial charge on any atom is 0.206 e. The lowest BCUT2D eigenvalue weighted by molar-refractivity contribution is 0.598. The molecule has 4 heteroatoms. The molecule has 3 aliphatic rings. The summed E-state index contributed by atoms with van der Waals surface area (Å²) in [5.74, 6) is 0.831. The highest BCUT2D eigenvalue weighted by atomic mass is 16.3. The van der Waals surface area contributed by atoms with Crippen molar-refractivity contribution in [2.45, 2.75) is 67.3 Å². The number of aryl methyl sites for hydroxylation is 1. The van der Waals surface area contributed by atoms with Gasteiger partial charge in [0.2, 0.25) is 5.36 Å². The number of allylic oxidation sites excluding steroid dienone is 1. The van der Waals surface area contributed by atoms with Crippen LogP contribution >= 0.6 is 0 Å². The van der Waals surface area contributed by atoms with Gasteiger partial charge in [0.25, 0.3) is 0 Å². The molecule has 0 bridgehead atoms. The van der Waals surface area contributed by atoms with Crippen LogP contribution < -0.4 is 15.2 Å². The summed E-state index contributed by atoms with van der Waals surface area (Å²) in [5.41, 5.74) is 7.34. The Bertz CT molecular complexity index is 1130. The summed E-state index contributed by atoms with van der Waals surface area (Å²) in [6.07, 6.45) is 3.51. The molecule has 0 saturated carbocycles. The molecule has 160 valence electrons. The Morgan fingerprint density at radius 1 is 1.00 bits per heavy atom. The zero-order valence-electron chi connectivity index (χ0n) is 19.8.